The van der Waals surface area contributed by atoms with Gasteiger partial charge in [-0.25, -0.2) is 15.0 Å². The summed E-state index contributed by atoms with van der Waals surface area (Å²) in [5, 5.41) is 9.19. The molecule has 64 heavy (non-hydrogen) atoms. The van der Waals surface area contributed by atoms with Crippen LogP contribution in [0.15, 0.2) is 205 Å². The first-order chi connectivity index (χ1) is 31.5. The van der Waals surface area contributed by atoms with E-state index in [0.717, 1.165) is 66.1 Å². The second-order valence-corrected chi connectivity index (χ2v) is 17.5. The molecular weight excluding hydrogens is 779 g/mol. The monoisotopic (exact) mass is 817 g/mol. The third-order valence-corrected chi connectivity index (χ3v) is 13.5. The molecule has 13 rings (SSSR count). The van der Waals surface area contributed by atoms with Crippen molar-refractivity contribution in [3.05, 3.63) is 211 Å². The number of hydrogen-bond acceptors (Lipinski definition) is 4. The highest BCUT2D eigenvalue weighted by atomic mass is 16.3. The highest BCUT2D eigenvalue weighted by Gasteiger charge is 2.39. The molecule has 2 aromatic heterocycles. The Morgan fingerprint density at radius 1 is 0.359 bits per heavy atom. The summed E-state index contributed by atoms with van der Waals surface area (Å²) in [6.07, 6.45) is 0. The van der Waals surface area contributed by atoms with Crippen LogP contribution in [0.25, 0.3) is 122 Å². The lowest BCUT2D eigenvalue weighted by Crippen LogP contribution is -2.15. The van der Waals surface area contributed by atoms with Gasteiger partial charge in [-0.2, -0.15) is 0 Å². The summed E-state index contributed by atoms with van der Waals surface area (Å²) in [6, 6.07) is 71.3. The Morgan fingerprint density at radius 2 is 0.969 bits per heavy atom. The maximum atomic E-state index is 6.89. The molecule has 12 aromatic rings. The van der Waals surface area contributed by atoms with Crippen LogP contribution in [0.4, 0.5) is 0 Å². The molecule has 0 N–H and O–H groups in total. The summed E-state index contributed by atoms with van der Waals surface area (Å²) in [4.78, 5) is 16.3. The Morgan fingerprint density at radius 3 is 1.78 bits per heavy atom. The number of nitrogens with zero attached hydrogens (tertiary/aromatic N) is 3. The lowest BCUT2D eigenvalue weighted by atomic mass is 9.81. The van der Waals surface area contributed by atoms with Gasteiger partial charge in [0.15, 0.2) is 17.5 Å². The lowest BCUT2D eigenvalue weighted by molar-refractivity contribution is 0.653. The van der Waals surface area contributed by atoms with E-state index in [1.165, 1.54) is 49.4 Å². The molecule has 0 unspecified atom stereocenters. The number of fused-ring (bicyclic) bond motifs is 12. The zero-order chi connectivity index (χ0) is 42.5. The van der Waals surface area contributed by atoms with Gasteiger partial charge in [0.05, 0.1) is 0 Å². The first kappa shape index (κ1) is 36.4. The average Bonchev–Trinajstić information content (AvgIpc) is 3.85. The number of aromatic nitrogens is 3. The second-order valence-electron chi connectivity index (χ2n) is 17.5. The molecule has 4 nitrogen and oxygen atoms in total. The first-order valence-electron chi connectivity index (χ1n) is 21.9. The SMILES string of the molecule is CC1(C)c2ccccc2-c2c1cc(-c1nc(-c3cccc(-c4ccccc4)c3)nc(-c3ccc4ccc5cc(-c6ccccc6)c6ccccc6c5c4c3)n1)c1c2oc2ccccc21. The van der Waals surface area contributed by atoms with E-state index < -0.39 is 0 Å². The summed E-state index contributed by atoms with van der Waals surface area (Å²) in [5.41, 5.74) is 13.7. The van der Waals surface area contributed by atoms with Crippen molar-refractivity contribution in [1.82, 2.24) is 15.0 Å². The van der Waals surface area contributed by atoms with Gasteiger partial charge in [0, 0.05) is 38.4 Å². The van der Waals surface area contributed by atoms with Crippen LogP contribution >= 0.6 is 0 Å². The molecule has 0 amide bonds. The van der Waals surface area contributed by atoms with Crippen LogP contribution in [0.2, 0.25) is 0 Å². The van der Waals surface area contributed by atoms with Crippen LogP contribution in [-0.4, -0.2) is 15.0 Å². The van der Waals surface area contributed by atoms with E-state index in [1.807, 2.05) is 12.1 Å². The van der Waals surface area contributed by atoms with Crippen molar-refractivity contribution in [2.24, 2.45) is 0 Å². The second kappa shape index (κ2) is 13.9. The lowest BCUT2D eigenvalue weighted by Gasteiger charge is -2.22. The third-order valence-electron chi connectivity index (χ3n) is 13.5. The summed E-state index contributed by atoms with van der Waals surface area (Å²) >= 11 is 0. The minimum atomic E-state index is -0.279. The Kier molecular flexibility index (Phi) is 7.92. The molecule has 0 atom stereocenters. The van der Waals surface area contributed by atoms with Crippen LogP contribution in [0.5, 0.6) is 0 Å². The van der Waals surface area contributed by atoms with Crippen molar-refractivity contribution < 1.29 is 4.42 Å². The van der Waals surface area contributed by atoms with Gasteiger partial charge in [-0.15, -0.1) is 0 Å². The van der Waals surface area contributed by atoms with Gasteiger partial charge < -0.3 is 4.42 Å². The Hall–Kier alpha value is -8.21. The average molecular weight is 818 g/mol. The highest BCUT2D eigenvalue weighted by molar-refractivity contribution is 6.24. The molecule has 300 valence electrons. The van der Waals surface area contributed by atoms with Gasteiger partial charge in [0.25, 0.3) is 0 Å². The highest BCUT2D eigenvalue weighted by Crippen LogP contribution is 2.54. The normalized spacial score (nSPS) is 13.0. The molecule has 4 heteroatoms. The molecule has 1 aliphatic carbocycles. The fourth-order valence-corrected chi connectivity index (χ4v) is 10.4. The summed E-state index contributed by atoms with van der Waals surface area (Å²) in [6.45, 7) is 4.61. The molecule has 0 saturated heterocycles. The van der Waals surface area contributed by atoms with E-state index in [4.69, 9.17) is 19.4 Å². The Labute approximate surface area is 370 Å². The first-order valence-corrected chi connectivity index (χ1v) is 21.9. The van der Waals surface area contributed by atoms with Crippen LogP contribution < -0.4 is 0 Å². The zero-order valence-electron chi connectivity index (χ0n) is 35.3. The summed E-state index contributed by atoms with van der Waals surface area (Å²) in [7, 11) is 0. The molecule has 0 aliphatic heterocycles. The van der Waals surface area contributed by atoms with Gasteiger partial charge in [-0.05, 0) is 102 Å². The smallest absolute Gasteiger partial charge is 0.164 e. The number of rotatable bonds is 5. The molecule has 0 bridgehead atoms. The van der Waals surface area contributed by atoms with E-state index in [-0.39, 0.29) is 5.41 Å². The van der Waals surface area contributed by atoms with Gasteiger partial charge in [0.1, 0.15) is 11.2 Å². The Balaban J connectivity index is 1.09. The van der Waals surface area contributed by atoms with E-state index in [2.05, 4.69) is 202 Å². The molecule has 0 fully saturated rings. The molecule has 1 aliphatic rings. The van der Waals surface area contributed by atoms with E-state index in [1.54, 1.807) is 0 Å². The molecule has 0 radical (unpaired) electrons. The zero-order valence-corrected chi connectivity index (χ0v) is 35.3. The fraction of sp³-hybridized carbons (Fsp3) is 0.0500. The third kappa shape index (κ3) is 5.52. The van der Waals surface area contributed by atoms with Gasteiger partial charge >= 0.3 is 0 Å². The van der Waals surface area contributed by atoms with Crippen LogP contribution in [0, 0.1) is 0 Å². The van der Waals surface area contributed by atoms with Crippen LogP contribution in [0.3, 0.4) is 0 Å². The maximum Gasteiger partial charge on any atom is 0.164 e. The standard InChI is InChI=1S/C60H39N3O/c1-60(2)50-26-13-11-24-45(50)55-51(60)35-49(54-46-25-12-14-27-52(46)64-56(54)55)59-62-57(41-21-15-20-39(32-41)36-16-5-3-6-17-36)61-58(63-59)42-31-29-38-28-30-40-33-47(37-18-7-4-8-19-37)43-22-9-10-23-44(43)53(40)48(38)34-42/h3-35H,1-2H3. The molecule has 10 aromatic carbocycles. The number of furan rings is 1. The van der Waals surface area contributed by atoms with E-state index >= 15 is 0 Å². The minimum Gasteiger partial charge on any atom is -0.455 e. The van der Waals surface area contributed by atoms with Crippen molar-refractivity contribution in [2.45, 2.75) is 19.3 Å². The van der Waals surface area contributed by atoms with Crippen molar-refractivity contribution >= 4 is 54.3 Å². The van der Waals surface area contributed by atoms with Gasteiger partial charge in [0.2, 0.25) is 0 Å². The molecule has 0 saturated carbocycles. The maximum absolute atomic E-state index is 6.89. The topological polar surface area (TPSA) is 51.8 Å². The van der Waals surface area contributed by atoms with Crippen LogP contribution in [-0.2, 0) is 5.41 Å². The predicted molar refractivity (Wildman–Crippen MR) is 264 cm³/mol. The predicted octanol–water partition coefficient (Wildman–Crippen LogP) is 15.9. The van der Waals surface area contributed by atoms with Crippen molar-refractivity contribution in [2.75, 3.05) is 0 Å². The molecular formula is C60H39N3O. The Bertz CT molecular complexity index is 3870. The minimum absolute atomic E-state index is 0.279. The summed E-state index contributed by atoms with van der Waals surface area (Å²) in [5.74, 6) is 1.82. The van der Waals surface area contributed by atoms with Crippen molar-refractivity contribution in [3.63, 3.8) is 0 Å². The van der Waals surface area contributed by atoms with Crippen LogP contribution in [0.1, 0.15) is 25.0 Å². The van der Waals surface area contributed by atoms with E-state index in [0.29, 0.717) is 17.5 Å². The number of para-hydroxylation sites is 1. The van der Waals surface area contributed by atoms with Gasteiger partial charge in [-0.3, -0.25) is 0 Å². The molecule has 0 spiro atoms. The largest absolute Gasteiger partial charge is 0.455 e. The summed E-state index contributed by atoms with van der Waals surface area (Å²) < 4.78 is 6.89. The molecule has 2 heterocycles. The van der Waals surface area contributed by atoms with E-state index in [9.17, 15) is 0 Å². The van der Waals surface area contributed by atoms with Crippen molar-refractivity contribution in [3.8, 4) is 67.5 Å². The van der Waals surface area contributed by atoms with Gasteiger partial charge in [-0.1, -0.05) is 184 Å². The quantitative estimate of drug-likeness (QED) is 0.162. The number of hydrogen-bond donors (Lipinski definition) is 0. The fourth-order valence-electron chi connectivity index (χ4n) is 10.4. The van der Waals surface area contributed by atoms with Crippen molar-refractivity contribution in [1.29, 1.82) is 0 Å². The number of benzene rings is 10.